The van der Waals surface area contributed by atoms with Gasteiger partial charge < -0.3 is 19.5 Å². The van der Waals surface area contributed by atoms with E-state index in [-0.39, 0.29) is 17.5 Å². The van der Waals surface area contributed by atoms with E-state index in [9.17, 15) is 4.79 Å². The highest BCUT2D eigenvalue weighted by molar-refractivity contribution is 5.93. The summed E-state index contributed by atoms with van der Waals surface area (Å²) in [6.07, 6.45) is 4.80. The van der Waals surface area contributed by atoms with Crippen LogP contribution in [-0.4, -0.2) is 44.3 Å². The topological polar surface area (TPSA) is 56.8 Å². The van der Waals surface area contributed by atoms with E-state index in [1.54, 1.807) is 13.2 Å². The van der Waals surface area contributed by atoms with Crippen LogP contribution >= 0.6 is 0 Å². The Balaban J connectivity index is 1.92. The highest BCUT2D eigenvalue weighted by Crippen LogP contribution is 2.28. The maximum Gasteiger partial charge on any atom is 0.161 e. The number of carbonyl (C=O) groups excluding carboxylic acids is 1. The lowest BCUT2D eigenvalue weighted by molar-refractivity contribution is -0.121. The van der Waals surface area contributed by atoms with Crippen molar-refractivity contribution in [2.24, 2.45) is 0 Å². The van der Waals surface area contributed by atoms with Gasteiger partial charge in [-0.05, 0) is 51.0 Å². The summed E-state index contributed by atoms with van der Waals surface area (Å²) in [5, 5.41) is 3.36. The molecule has 0 aromatic heterocycles. The average molecular weight is 347 g/mol. The molecular formula is C20H29NO4. The number of ether oxygens (including phenoxy) is 3. The number of rotatable bonds is 8. The average Bonchev–Trinajstić information content (AvgIpc) is 2.58. The van der Waals surface area contributed by atoms with Crippen molar-refractivity contribution in [3.05, 3.63) is 29.8 Å². The van der Waals surface area contributed by atoms with Gasteiger partial charge in [-0.2, -0.15) is 0 Å². The summed E-state index contributed by atoms with van der Waals surface area (Å²) in [5.41, 5.74) is 0.636. The first-order valence-corrected chi connectivity index (χ1v) is 8.86. The molecule has 2 unspecified atom stereocenters. The zero-order valence-corrected chi connectivity index (χ0v) is 15.6. The molecule has 0 bridgehead atoms. The van der Waals surface area contributed by atoms with Crippen LogP contribution in [0, 0.1) is 0 Å². The summed E-state index contributed by atoms with van der Waals surface area (Å²) in [7, 11) is 1.61. The quantitative estimate of drug-likeness (QED) is 0.732. The Bertz CT molecular complexity index is 614. The monoisotopic (exact) mass is 347 g/mol. The van der Waals surface area contributed by atoms with Gasteiger partial charge in [-0.1, -0.05) is 12.1 Å². The first-order chi connectivity index (χ1) is 12.0. The molecule has 1 fully saturated rings. The van der Waals surface area contributed by atoms with E-state index in [0.29, 0.717) is 30.9 Å². The smallest absolute Gasteiger partial charge is 0.161 e. The van der Waals surface area contributed by atoms with Crippen molar-refractivity contribution in [3.63, 3.8) is 0 Å². The van der Waals surface area contributed by atoms with Crippen molar-refractivity contribution in [2.75, 3.05) is 26.8 Å². The molecule has 138 valence electrons. The van der Waals surface area contributed by atoms with Gasteiger partial charge in [0.05, 0.1) is 25.4 Å². The Kier molecular flexibility index (Phi) is 7.02. The molecule has 1 N–H and O–H groups in total. The normalized spacial score (nSPS) is 23.6. The largest absolute Gasteiger partial charge is 0.493 e. The van der Waals surface area contributed by atoms with Crippen LogP contribution < -0.4 is 14.8 Å². The Morgan fingerprint density at radius 3 is 2.92 bits per heavy atom. The van der Waals surface area contributed by atoms with E-state index in [2.05, 4.69) is 12.2 Å². The van der Waals surface area contributed by atoms with Gasteiger partial charge in [-0.25, -0.2) is 0 Å². The fourth-order valence-corrected chi connectivity index (χ4v) is 2.98. The third-order valence-corrected chi connectivity index (χ3v) is 4.27. The summed E-state index contributed by atoms with van der Waals surface area (Å²) < 4.78 is 16.8. The number of allylic oxidation sites excluding steroid dienone is 1. The summed E-state index contributed by atoms with van der Waals surface area (Å²) in [6, 6.07) is 5.63. The van der Waals surface area contributed by atoms with Gasteiger partial charge in [0, 0.05) is 19.5 Å². The van der Waals surface area contributed by atoms with Gasteiger partial charge >= 0.3 is 0 Å². The van der Waals surface area contributed by atoms with Crippen LogP contribution in [-0.2, 0) is 9.53 Å². The van der Waals surface area contributed by atoms with Crippen molar-refractivity contribution in [1.29, 1.82) is 0 Å². The minimum Gasteiger partial charge on any atom is -0.493 e. The lowest BCUT2D eigenvalue weighted by atomic mass is 9.96. The molecule has 25 heavy (non-hydrogen) atoms. The van der Waals surface area contributed by atoms with E-state index in [0.717, 1.165) is 18.7 Å². The number of hydrogen-bond donors (Lipinski definition) is 1. The summed E-state index contributed by atoms with van der Waals surface area (Å²) >= 11 is 0. The van der Waals surface area contributed by atoms with Gasteiger partial charge in [0.15, 0.2) is 17.3 Å². The van der Waals surface area contributed by atoms with Crippen molar-refractivity contribution in [2.45, 2.75) is 45.3 Å². The lowest BCUT2D eigenvalue weighted by Crippen LogP contribution is -2.51. The molecule has 0 radical (unpaired) electrons. The SMILES string of the molecule is CCOc1cc(/C=C/C(=O)CCC2(C)CNCC(C)O2)ccc1OC. The van der Waals surface area contributed by atoms with Crippen LogP contribution in [0.15, 0.2) is 24.3 Å². The van der Waals surface area contributed by atoms with Crippen molar-refractivity contribution in [1.82, 2.24) is 5.32 Å². The molecule has 1 aromatic rings. The number of nitrogens with one attached hydrogen (secondary N) is 1. The lowest BCUT2D eigenvalue weighted by Gasteiger charge is -2.38. The van der Waals surface area contributed by atoms with Crippen LogP contribution in [0.3, 0.4) is 0 Å². The van der Waals surface area contributed by atoms with E-state index < -0.39 is 0 Å². The second kappa shape index (κ2) is 9.02. The molecular weight excluding hydrogens is 318 g/mol. The molecule has 1 aliphatic heterocycles. The fraction of sp³-hybridized carbons (Fsp3) is 0.550. The van der Waals surface area contributed by atoms with E-state index in [4.69, 9.17) is 14.2 Å². The van der Waals surface area contributed by atoms with E-state index >= 15 is 0 Å². The van der Waals surface area contributed by atoms with E-state index in [1.807, 2.05) is 38.1 Å². The van der Waals surface area contributed by atoms with Crippen LogP contribution in [0.25, 0.3) is 6.08 Å². The predicted octanol–water partition coefficient (Wildman–Crippen LogP) is 3.22. The van der Waals surface area contributed by atoms with Crippen molar-refractivity contribution < 1.29 is 19.0 Å². The Hall–Kier alpha value is -1.85. The fourth-order valence-electron chi connectivity index (χ4n) is 2.98. The molecule has 1 saturated heterocycles. The first kappa shape index (κ1) is 19.5. The molecule has 0 spiro atoms. The highest BCUT2D eigenvalue weighted by atomic mass is 16.5. The van der Waals surface area contributed by atoms with Crippen LogP contribution in [0.4, 0.5) is 0 Å². The highest BCUT2D eigenvalue weighted by Gasteiger charge is 2.31. The third-order valence-electron chi connectivity index (χ3n) is 4.27. The molecule has 1 aliphatic rings. The zero-order chi connectivity index (χ0) is 18.3. The van der Waals surface area contributed by atoms with Crippen LogP contribution in [0.5, 0.6) is 11.5 Å². The molecule has 1 aromatic carbocycles. The Morgan fingerprint density at radius 1 is 1.44 bits per heavy atom. The number of methoxy groups -OCH3 is 1. The van der Waals surface area contributed by atoms with Crippen LogP contribution in [0.1, 0.15) is 39.2 Å². The maximum absolute atomic E-state index is 12.2. The number of carbonyl (C=O) groups is 1. The summed E-state index contributed by atoms with van der Waals surface area (Å²) in [5.74, 6) is 1.47. The van der Waals surface area contributed by atoms with Gasteiger partial charge in [-0.3, -0.25) is 4.79 Å². The molecule has 0 saturated carbocycles. The second-order valence-electron chi connectivity index (χ2n) is 6.65. The zero-order valence-electron chi connectivity index (χ0n) is 15.6. The minimum absolute atomic E-state index is 0.0943. The Labute approximate surface area is 150 Å². The molecule has 0 aliphatic carbocycles. The molecule has 5 nitrogen and oxygen atoms in total. The molecule has 0 amide bonds. The maximum atomic E-state index is 12.2. The molecule has 1 heterocycles. The standard InChI is InChI=1S/C20H29NO4/c1-5-24-19-12-16(7-9-18(19)23-4)6-8-17(22)10-11-20(3)14-21-13-15(2)25-20/h6-9,12,15,21H,5,10-11,13-14H2,1-4H3/b8-6+. The third kappa shape index (κ3) is 5.87. The van der Waals surface area contributed by atoms with Gasteiger partial charge in [0.1, 0.15) is 0 Å². The van der Waals surface area contributed by atoms with Gasteiger partial charge in [-0.15, -0.1) is 0 Å². The Morgan fingerprint density at radius 2 is 2.24 bits per heavy atom. The predicted molar refractivity (Wildman–Crippen MR) is 99.3 cm³/mol. The molecule has 5 heteroatoms. The first-order valence-electron chi connectivity index (χ1n) is 8.86. The molecule has 2 atom stereocenters. The second-order valence-corrected chi connectivity index (χ2v) is 6.65. The summed E-state index contributed by atoms with van der Waals surface area (Å²) in [4.78, 5) is 12.2. The number of hydrogen-bond acceptors (Lipinski definition) is 5. The summed E-state index contributed by atoms with van der Waals surface area (Å²) in [6.45, 7) is 8.24. The number of ketones is 1. The number of morpholine rings is 1. The molecule has 2 rings (SSSR count). The van der Waals surface area contributed by atoms with Crippen LogP contribution in [0.2, 0.25) is 0 Å². The van der Waals surface area contributed by atoms with Crippen molar-refractivity contribution >= 4 is 11.9 Å². The minimum atomic E-state index is -0.274. The number of benzene rings is 1. The van der Waals surface area contributed by atoms with Gasteiger partial charge in [0.2, 0.25) is 0 Å². The van der Waals surface area contributed by atoms with Crippen molar-refractivity contribution in [3.8, 4) is 11.5 Å². The van der Waals surface area contributed by atoms with Gasteiger partial charge in [0.25, 0.3) is 0 Å². The van der Waals surface area contributed by atoms with E-state index in [1.165, 1.54) is 0 Å².